The molecule has 7 nitrogen and oxygen atoms in total. The van der Waals surface area contributed by atoms with Crippen molar-refractivity contribution in [1.29, 1.82) is 0 Å². The molecule has 2 aromatic heterocycles. The molecule has 0 bridgehead atoms. The fourth-order valence-electron chi connectivity index (χ4n) is 2.73. The molecule has 3 rings (SSSR count). The summed E-state index contributed by atoms with van der Waals surface area (Å²) in [4.78, 5) is 33.5. The number of oxazole rings is 1. The third kappa shape index (κ3) is 4.66. The molecule has 29 heavy (non-hydrogen) atoms. The van der Waals surface area contributed by atoms with Crippen LogP contribution in [-0.4, -0.2) is 28.8 Å². The number of halogens is 1. The zero-order chi connectivity index (χ0) is 21.0. The maximum atomic E-state index is 13.1. The molecule has 1 aromatic carbocycles. The Hall–Kier alpha value is -3.55. The van der Waals surface area contributed by atoms with E-state index >= 15 is 0 Å². The normalized spacial score (nSPS) is 10.6. The highest BCUT2D eigenvalue weighted by molar-refractivity contribution is 5.93. The molecule has 0 saturated heterocycles. The SMILES string of the molecule is CCC(=O)N(C)c1ccc(-c2ncc(C(=O)NCc3ccc(F)nc3C)o2)cc1. The van der Waals surface area contributed by atoms with Gasteiger partial charge in [-0.2, -0.15) is 4.39 Å². The second-order valence-electron chi connectivity index (χ2n) is 6.44. The molecular weight excluding hydrogens is 375 g/mol. The molecule has 150 valence electrons. The number of aryl methyl sites for hydroxylation is 1. The Labute approximate surface area is 167 Å². The average molecular weight is 396 g/mol. The molecule has 0 atom stereocenters. The van der Waals surface area contributed by atoms with E-state index in [-0.39, 0.29) is 18.2 Å². The number of carbonyl (C=O) groups is 2. The summed E-state index contributed by atoms with van der Waals surface area (Å²) in [6.45, 7) is 3.67. The summed E-state index contributed by atoms with van der Waals surface area (Å²) in [7, 11) is 1.72. The third-order valence-electron chi connectivity index (χ3n) is 4.51. The van der Waals surface area contributed by atoms with Crippen LogP contribution in [0.1, 0.15) is 35.2 Å². The number of nitrogens with zero attached hydrogens (tertiary/aromatic N) is 3. The van der Waals surface area contributed by atoms with Gasteiger partial charge in [-0.05, 0) is 42.8 Å². The lowest BCUT2D eigenvalue weighted by molar-refractivity contribution is -0.118. The highest BCUT2D eigenvalue weighted by Gasteiger charge is 2.15. The number of aromatic nitrogens is 2. The lowest BCUT2D eigenvalue weighted by Crippen LogP contribution is -2.24. The number of hydrogen-bond donors (Lipinski definition) is 1. The molecule has 1 N–H and O–H groups in total. The highest BCUT2D eigenvalue weighted by Crippen LogP contribution is 2.23. The Morgan fingerprint density at radius 2 is 1.90 bits per heavy atom. The summed E-state index contributed by atoms with van der Waals surface area (Å²) in [6.07, 6.45) is 1.77. The molecule has 0 unspecified atom stereocenters. The molecule has 3 aromatic rings. The van der Waals surface area contributed by atoms with Crippen molar-refractivity contribution in [1.82, 2.24) is 15.3 Å². The first-order valence-corrected chi connectivity index (χ1v) is 9.12. The molecule has 8 heteroatoms. The smallest absolute Gasteiger partial charge is 0.288 e. The van der Waals surface area contributed by atoms with Gasteiger partial charge < -0.3 is 14.6 Å². The predicted molar refractivity (Wildman–Crippen MR) is 106 cm³/mol. The van der Waals surface area contributed by atoms with Crippen LogP contribution in [0.25, 0.3) is 11.5 Å². The number of pyridine rings is 1. The van der Waals surface area contributed by atoms with Gasteiger partial charge in [0.05, 0.1) is 6.20 Å². The van der Waals surface area contributed by atoms with Crippen molar-refractivity contribution in [2.24, 2.45) is 0 Å². The second-order valence-corrected chi connectivity index (χ2v) is 6.44. The fourth-order valence-corrected chi connectivity index (χ4v) is 2.73. The number of nitrogens with one attached hydrogen (secondary N) is 1. The van der Waals surface area contributed by atoms with Gasteiger partial charge in [0, 0.05) is 37.0 Å². The predicted octanol–water partition coefficient (Wildman–Crippen LogP) is 3.49. The van der Waals surface area contributed by atoms with Crippen LogP contribution in [0.2, 0.25) is 0 Å². The molecule has 0 aliphatic carbocycles. The number of carbonyl (C=O) groups excluding carboxylic acids is 2. The molecule has 2 amide bonds. The maximum Gasteiger partial charge on any atom is 0.288 e. The Kier molecular flexibility index (Phi) is 6.01. The van der Waals surface area contributed by atoms with Gasteiger partial charge >= 0.3 is 0 Å². The second kappa shape index (κ2) is 8.64. The van der Waals surface area contributed by atoms with Gasteiger partial charge in [0.2, 0.25) is 23.5 Å². The highest BCUT2D eigenvalue weighted by atomic mass is 19.1. The summed E-state index contributed by atoms with van der Waals surface area (Å²) < 4.78 is 18.6. The summed E-state index contributed by atoms with van der Waals surface area (Å²) in [5, 5.41) is 2.70. The number of rotatable bonds is 6. The average Bonchev–Trinajstić information content (AvgIpc) is 3.22. The van der Waals surface area contributed by atoms with Crippen LogP contribution in [0.4, 0.5) is 10.1 Å². The Morgan fingerprint density at radius 3 is 2.55 bits per heavy atom. The minimum Gasteiger partial charge on any atom is -0.431 e. The van der Waals surface area contributed by atoms with E-state index in [1.54, 1.807) is 56.1 Å². The quantitative estimate of drug-likeness (QED) is 0.645. The van der Waals surface area contributed by atoms with E-state index in [2.05, 4.69) is 15.3 Å². The summed E-state index contributed by atoms with van der Waals surface area (Å²) in [5.74, 6) is -0.619. The van der Waals surface area contributed by atoms with E-state index in [4.69, 9.17) is 4.42 Å². The van der Waals surface area contributed by atoms with Gasteiger partial charge in [-0.25, -0.2) is 9.97 Å². The van der Waals surface area contributed by atoms with Crippen molar-refractivity contribution in [3.05, 3.63) is 65.6 Å². The van der Waals surface area contributed by atoms with E-state index in [0.29, 0.717) is 29.1 Å². The van der Waals surface area contributed by atoms with Crippen LogP contribution >= 0.6 is 0 Å². The number of benzene rings is 1. The van der Waals surface area contributed by atoms with Crippen LogP contribution in [0.3, 0.4) is 0 Å². The van der Waals surface area contributed by atoms with Gasteiger partial charge in [0.25, 0.3) is 5.91 Å². The first kappa shape index (κ1) is 20.2. The van der Waals surface area contributed by atoms with Gasteiger partial charge in [-0.1, -0.05) is 13.0 Å². The van der Waals surface area contributed by atoms with Crippen LogP contribution in [-0.2, 0) is 11.3 Å². The standard InChI is InChI=1S/C21H21FN4O3/c1-4-19(27)26(3)16-8-5-14(6-9-16)21-24-12-17(29-21)20(28)23-11-15-7-10-18(22)25-13(15)2/h5-10,12H,4,11H2,1-3H3,(H,23,28). The van der Waals surface area contributed by atoms with Crippen molar-refractivity contribution in [3.8, 4) is 11.5 Å². The number of anilines is 1. The third-order valence-corrected chi connectivity index (χ3v) is 4.51. The Morgan fingerprint density at radius 1 is 1.17 bits per heavy atom. The largest absolute Gasteiger partial charge is 0.431 e. The molecule has 0 radical (unpaired) electrons. The van der Waals surface area contributed by atoms with Crippen LogP contribution in [0, 0.1) is 12.9 Å². The molecule has 0 aliphatic rings. The van der Waals surface area contributed by atoms with Crippen molar-refractivity contribution in [2.75, 3.05) is 11.9 Å². The van der Waals surface area contributed by atoms with Gasteiger partial charge in [-0.15, -0.1) is 0 Å². The van der Waals surface area contributed by atoms with Crippen LogP contribution < -0.4 is 10.2 Å². The Balaban J connectivity index is 1.66. The topological polar surface area (TPSA) is 88.3 Å². The van der Waals surface area contributed by atoms with Crippen molar-refractivity contribution >= 4 is 17.5 Å². The molecule has 0 fully saturated rings. The molecule has 0 aliphatic heterocycles. The number of amides is 2. The maximum absolute atomic E-state index is 13.1. The first-order valence-electron chi connectivity index (χ1n) is 9.12. The minimum atomic E-state index is -0.561. The first-order chi connectivity index (χ1) is 13.9. The van der Waals surface area contributed by atoms with Gasteiger partial charge in [0.1, 0.15) is 0 Å². The van der Waals surface area contributed by atoms with Crippen LogP contribution in [0.15, 0.2) is 47.0 Å². The fraction of sp³-hybridized carbons (Fsp3) is 0.238. The van der Waals surface area contributed by atoms with Crippen molar-refractivity contribution < 1.29 is 18.4 Å². The monoisotopic (exact) mass is 396 g/mol. The lowest BCUT2D eigenvalue weighted by atomic mass is 10.2. The molecule has 2 heterocycles. The molecule has 0 saturated carbocycles. The van der Waals surface area contributed by atoms with E-state index in [0.717, 1.165) is 5.69 Å². The van der Waals surface area contributed by atoms with Gasteiger partial charge in [-0.3, -0.25) is 9.59 Å². The van der Waals surface area contributed by atoms with Crippen molar-refractivity contribution in [3.63, 3.8) is 0 Å². The van der Waals surface area contributed by atoms with E-state index in [1.807, 2.05) is 0 Å². The summed E-state index contributed by atoms with van der Waals surface area (Å²) in [6, 6.07) is 9.95. The zero-order valence-electron chi connectivity index (χ0n) is 16.4. The van der Waals surface area contributed by atoms with Crippen LogP contribution in [0.5, 0.6) is 0 Å². The van der Waals surface area contributed by atoms with E-state index < -0.39 is 11.9 Å². The summed E-state index contributed by atoms with van der Waals surface area (Å²) in [5.41, 5.74) is 2.66. The Bertz CT molecular complexity index is 1030. The van der Waals surface area contributed by atoms with E-state index in [9.17, 15) is 14.0 Å². The van der Waals surface area contributed by atoms with Gasteiger partial charge in [0.15, 0.2) is 0 Å². The number of hydrogen-bond acceptors (Lipinski definition) is 5. The lowest BCUT2D eigenvalue weighted by Gasteiger charge is -2.16. The zero-order valence-corrected chi connectivity index (χ0v) is 16.4. The van der Waals surface area contributed by atoms with E-state index in [1.165, 1.54) is 12.3 Å². The molecule has 0 spiro atoms. The molecular formula is C21H21FN4O3. The summed E-state index contributed by atoms with van der Waals surface area (Å²) >= 11 is 0. The van der Waals surface area contributed by atoms with Crippen molar-refractivity contribution in [2.45, 2.75) is 26.8 Å². The minimum absolute atomic E-state index is 0.0134.